The van der Waals surface area contributed by atoms with Crippen LogP contribution in [-0.4, -0.2) is 48.8 Å². The molecule has 1 aromatic rings. The van der Waals surface area contributed by atoms with Crippen LogP contribution in [0.3, 0.4) is 0 Å². The maximum absolute atomic E-state index is 12.1. The average Bonchev–Trinajstić information content (AvgIpc) is 2.53. The highest BCUT2D eigenvalue weighted by Crippen LogP contribution is 2.35. The fourth-order valence-electron chi connectivity index (χ4n) is 2.38. The zero-order chi connectivity index (χ0) is 17.2. The number of nitrogen functional groups attached to an aromatic ring is 1. The highest BCUT2D eigenvalue weighted by molar-refractivity contribution is 5.76. The number of hydrogen-bond acceptors (Lipinski definition) is 5. The highest BCUT2D eigenvalue weighted by Gasteiger charge is 2.14. The fourth-order valence-corrected chi connectivity index (χ4v) is 2.38. The number of aliphatic hydroxyl groups excluding tert-OH is 1. The number of hydrogen-bond donors (Lipinski definition) is 2. The molecule has 0 spiro atoms. The van der Waals surface area contributed by atoms with Crippen molar-refractivity contribution < 1.29 is 19.4 Å². The molecule has 6 heteroatoms. The topological polar surface area (TPSA) is 85.0 Å². The Morgan fingerprint density at radius 1 is 1.22 bits per heavy atom. The molecule has 6 nitrogen and oxygen atoms in total. The molecule has 23 heavy (non-hydrogen) atoms. The normalized spacial score (nSPS) is 10.4. The van der Waals surface area contributed by atoms with Crippen LogP contribution < -0.4 is 15.2 Å². The van der Waals surface area contributed by atoms with Crippen LogP contribution in [-0.2, 0) is 11.2 Å². The van der Waals surface area contributed by atoms with E-state index in [0.29, 0.717) is 56.3 Å². The first-order chi connectivity index (χ1) is 11.1. The summed E-state index contributed by atoms with van der Waals surface area (Å²) in [5.74, 6) is 1.19. The van der Waals surface area contributed by atoms with Crippen LogP contribution in [0.25, 0.3) is 0 Å². The number of amides is 1. The number of anilines is 1. The van der Waals surface area contributed by atoms with Crippen molar-refractivity contribution in [3.8, 4) is 11.5 Å². The van der Waals surface area contributed by atoms with E-state index in [-0.39, 0.29) is 12.5 Å². The number of aryl methyl sites for hydroxylation is 1. The van der Waals surface area contributed by atoms with E-state index in [0.717, 1.165) is 5.56 Å². The molecule has 0 heterocycles. The van der Waals surface area contributed by atoms with Gasteiger partial charge in [-0.25, -0.2) is 0 Å². The Labute approximate surface area is 138 Å². The zero-order valence-electron chi connectivity index (χ0n) is 14.3. The maximum atomic E-state index is 12.1. The summed E-state index contributed by atoms with van der Waals surface area (Å²) in [5, 5.41) is 8.97. The molecule has 0 aliphatic rings. The van der Waals surface area contributed by atoms with Gasteiger partial charge in [-0.05, 0) is 44.9 Å². The molecule has 0 radical (unpaired) electrons. The lowest BCUT2D eigenvalue weighted by molar-refractivity contribution is -0.131. The van der Waals surface area contributed by atoms with Crippen molar-refractivity contribution in [2.75, 3.05) is 38.6 Å². The average molecular weight is 324 g/mol. The first-order valence-electron chi connectivity index (χ1n) is 8.13. The molecule has 3 N–H and O–H groups in total. The number of aliphatic hydroxyl groups is 1. The predicted octanol–water partition coefficient (Wildman–Crippen LogP) is 1.84. The van der Waals surface area contributed by atoms with Gasteiger partial charge in [0.2, 0.25) is 5.91 Å². The Kier molecular flexibility index (Phi) is 8.26. The van der Waals surface area contributed by atoms with Crippen molar-refractivity contribution in [3.63, 3.8) is 0 Å². The third-order valence-corrected chi connectivity index (χ3v) is 3.46. The van der Waals surface area contributed by atoms with Crippen molar-refractivity contribution in [2.45, 2.75) is 33.6 Å². The summed E-state index contributed by atoms with van der Waals surface area (Å²) in [6.45, 7) is 7.65. The number of benzene rings is 1. The van der Waals surface area contributed by atoms with Gasteiger partial charge in [-0.1, -0.05) is 0 Å². The highest BCUT2D eigenvalue weighted by atomic mass is 16.5. The second-order valence-corrected chi connectivity index (χ2v) is 5.08. The molecule has 0 aromatic heterocycles. The van der Waals surface area contributed by atoms with Crippen molar-refractivity contribution in [1.29, 1.82) is 0 Å². The van der Waals surface area contributed by atoms with Crippen molar-refractivity contribution >= 4 is 11.6 Å². The van der Waals surface area contributed by atoms with Gasteiger partial charge in [0.15, 0.2) is 11.5 Å². The van der Waals surface area contributed by atoms with Gasteiger partial charge in [0, 0.05) is 19.5 Å². The minimum atomic E-state index is -0.0237. The summed E-state index contributed by atoms with van der Waals surface area (Å²) in [6.07, 6.45) is 0.935. The number of nitrogens with two attached hydrogens (primary N) is 1. The van der Waals surface area contributed by atoms with Crippen LogP contribution in [0.4, 0.5) is 5.69 Å². The van der Waals surface area contributed by atoms with E-state index in [1.165, 1.54) is 0 Å². The molecule has 0 saturated heterocycles. The largest absolute Gasteiger partial charge is 0.490 e. The molecule has 0 aliphatic carbocycles. The molecular formula is C17H28N2O4. The molecular weight excluding hydrogens is 296 g/mol. The van der Waals surface area contributed by atoms with Crippen LogP contribution >= 0.6 is 0 Å². The predicted molar refractivity (Wildman–Crippen MR) is 90.9 cm³/mol. The van der Waals surface area contributed by atoms with Gasteiger partial charge >= 0.3 is 0 Å². The van der Waals surface area contributed by atoms with E-state index in [1.807, 2.05) is 32.9 Å². The SMILES string of the molecule is CCOc1cc(CCC(=O)N(CC)CCO)cc(N)c1OCC. The first kappa shape index (κ1) is 19.1. The Bertz CT molecular complexity index is 506. The van der Waals surface area contributed by atoms with Crippen LogP contribution in [0, 0.1) is 0 Å². The Morgan fingerprint density at radius 3 is 2.48 bits per heavy atom. The first-order valence-corrected chi connectivity index (χ1v) is 8.13. The van der Waals surface area contributed by atoms with E-state index in [4.69, 9.17) is 20.3 Å². The fraction of sp³-hybridized carbons (Fsp3) is 0.588. The molecule has 0 aliphatic heterocycles. The van der Waals surface area contributed by atoms with E-state index in [9.17, 15) is 4.79 Å². The third-order valence-electron chi connectivity index (χ3n) is 3.46. The number of carbonyl (C=O) groups is 1. The molecule has 130 valence electrons. The molecule has 1 rings (SSSR count). The van der Waals surface area contributed by atoms with Crippen LogP contribution in [0.5, 0.6) is 11.5 Å². The lowest BCUT2D eigenvalue weighted by Gasteiger charge is -2.20. The second-order valence-electron chi connectivity index (χ2n) is 5.08. The van der Waals surface area contributed by atoms with Crippen LogP contribution in [0.15, 0.2) is 12.1 Å². The summed E-state index contributed by atoms with van der Waals surface area (Å²) in [7, 11) is 0. The minimum Gasteiger partial charge on any atom is -0.490 e. The summed E-state index contributed by atoms with van der Waals surface area (Å²) in [4.78, 5) is 13.8. The number of nitrogens with zero attached hydrogens (tertiary/aromatic N) is 1. The summed E-state index contributed by atoms with van der Waals surface area (Å²) in [6, 6.07) is 3.70. The van der Waals surface area contributed by atoms with E-state index >= 15 is 0 Å². The minimum absolute atomic E-state index is 0.0203. The lowest BCUT2D eigenvalue weighted by Crippen LogP contribution is -2.33. The lowest BCUT2D eigenvalue weighted by atomic mass is 10.1. The zero-order valence-corrected chi connectivity index (χ0v) is 14.3. The monoisotopic (exact) mass is 324 g/mol. The van der Waals surface area contributed by atoms with Crippen molar-refractivity contribution in [1.82, 2.24) is 4.90 Å². The molecule has 0 atom stereocenters. The van der Waals surface area contributed by atoms with Crippen LogP contribution in [0.1, 0.15) is 32.8 Å². The Hall–Kier alpha value is -1.95. The molecule has 0 fully saturated rings. The third kappa shape index (κ3) is 5.63. The molecule has 0 bridgehead atoms. The Morgan fingerprint density at radius 2 is 1.91 bits per heavy atom. The van der Waals surface area contributed by atoms with Gasteiger partial charge in [-0.2, -0.15) is 0 Å². The van der Waals surface area contributed by atoms with E-state index < -0.39 is 0 Å². The van der Waals surface area contributed by atoms with Crippen LogP contribution in [0.2, 0.25) is 0 Å². The van der Waals surface area contributed by atoms with E-state index in [2.05, 4.69) is 0 Å². The van der Waals surface area contributed by atoms with Gasteiger partial charge in [0.1, 0.15) is 0 Å². The Balaban J connectivity index is 2.82. The molecule has 0 unspecified atom stereocenters. The van der Waals surface area contributed by atoms with Crippen molar-refractivity contribution in [3.05, 3.63) is 17.7 Å². The summed E-state index contributed by atoms with van der Waals surface area (Å²) in [5.41, 5.74) is 7.49. The maximum Gasteiger partial charge on any atom is 0.222 e. The van der Waals surface area contributed by atoms with Crippen molar-refractivity contribution in [2.24, 2.45) is 0 Å². The quantitative estimate of drug-likeness (QED) is 0.642. The van der Waals surface area contributed by atoms with Gasteiger partial charge < -0.3 is 25.2 Å². The number of carbonyl (C=O) groups excluding carboxylic acids is 1. The van der Waals surface area contributed by atoms with Gasteiger partial charge in [-0.15, -0.1) is 0 Å². The van der Waals surface area contributed by atoms with E-state index in [1.54, 1.807) is 4.90 Å². The number of likely N-dealkylation sites (N-methyl/N-ethyl adjacent to an activating group) is 1. The smallest absolute Gasteiger partial charge is 0.222 e. The summed E-state index contributed by atoms with van der Waals surface area (Å²) < 4.78 is 11.1. The number of rotatable bonds is 10. The standard InChI is InChI=1S/C17H28N2O4/c1-4-19(9-10-20)16(21)8-7-13-11-14(18)17(23-6-3)15(12-13)22-5-2/h11-12,20H,4-10,18H2,1-3H3. The second kappa shape index (κ2) is 9.94. The molecule has 1 aromatic carbocycles. The molecule has 0 saturated carbocycles. The van der Waals surface area contributed by atoms with Gasteiger partial charge in [0.25, 0.3) is 0 Å². The summed E-state index contributed by atoms with van der Waals surface area (Å²) >= 11 is 0. The number of ether oxygens (including phenoxy) is 2. The van der Waals surface area contributed by atoms with Gasteiger partial charge in [0.05, 0.1) is 25.5 Å². The molecule has 1 amide bonds. The van der Waals surface area contributed by atoms with Gasteiger partial charge in [-0.3, -0.25) is 4.79 Å².